The fraction of sp³-hybridized carbons (Fsp3) is 0.118. The topological polar surface area (TPSA) is 54.9 Å². The van der Waals surface area contributed by atoms with E-state index < -0.39 is 28.9 Å². The largest absolute Gasteiger partial charge is 0.352 e. The number of amides is 1. The third-order valence-electron chi connectivity index (χ3n) is 3.41. The van der Waals surface area contributed by atoms with Crippen molar-refractivity contribution < 1.29 is 18.0 Å². The van der Waals surface area contributed by atoms with Crippen molar-refractivity contribution in [2.75, 3.05) is 6.54 Å². The van der Waals surface area contributed by atoms with Crippen molar-refractivity contribution in [3.8, 4) is 10.6 Å². The lowest BCUT2D eigenvalue weighted by Gasteiger charge is -2.06. The van der Waals surface area contributed by atoms with Crippen molar-refractivity contribution in [1.29, 1.82) is 0 Å². The summed E-state index contributed by atoms with van der Waals surface area (Å²) in [5.74, 6) is -5.29. The standard InChI is InChI=1S/C17H12F3N3OS/c18-13-4-3-12(14(19)15(13)20)16(24)22-7-5-11-9-25-17(23-11)10-2-1-6-21-8-10/h1-4,6,8-9H,5,7H2,(H,22,24). The maximum atomic E-state index is 13.6. The maximum Gasteiger partial charge on any atom is 0.254 e. The minimum Gasteiger partial charge on any atom is -0.352 e. The zero-order valence-electron chi connectivity index (χ0n) is 12.8. The predicted octanol–water partition coefficient (Wildman–Crippen LogP) is 3.59. The van der Waals surface area contributed by atoms with Crippen molar-refractivity contribution >= 4 is 17.2 Å². The Hall–Kier alpha value is -2.74. The number of nitrogens with zero attached hydrogens (tertiary/aromatic N) is 2. The van der Waals surface area contributed by atoms with Crippen LogP contribution in [0.25, 0.3) is 10.6 Å². The number of pyridine rings is 1. The Morgan fingerprint density at radius 2 is 2.00 bits per heavy atom. The zero-order valence-corrected chi connectivity index (χ0v) is 13.6. The molecule has 128 valence electrons. The fourth-order valence-electron chi connectivity index (χ4n) is 2.14. The van der Waals surface area contributed by atoms with Crippen LogP contribution in [0.5, 0.6) is 0 Å². The molecule has 0 aliphatic carbocycles. The molecule has 0 saturated heterocycles. The number of nitrogens with one attached hydrogen (secondary N) is 1. The molecule has 0 spiro atoms. The molecule has 2 aromatic heterocycles. The van der Waals surface area contributed by atoms with Crippen LogP contribution in [0.15, 0.2) is 42.0 Å². The van der Waals surface area contributed by atoms with E-state index in [9.17, 15) is 18.0 Å². The zero-order chi connectivity index (χ0) is 17.8. The molecule has 0 saturated carbocycles. The van der Waals surface area contributed by atoms with Gasteiger partial charge in [-0.25, -0.2) is 18.2 Å². The van der Waals surface area contributed by atoms with E-state index in [0.29, 0.717) is 12.5 Å². The number of rotatable bonds is 5. The molecule has 25 heavy (non-hydrogen) atoms. The van der Waals surface area contributed by atoms with E-state index in [1.165, 1.54) is 11.3 Å². The molecule has 1 N–H and O–H groups in total. The fourth-order valence-corrected chi connectivity index (χ4v) is 2.99. The summed E-state index contributed by atoms with van der Waals surface area (Å²) in [6.07, 6.45) is 3.80. The second-order valence-electron chi connectivity index (χ2n) is 5.11. The summed E-state index contributed by atoms with van der Waals surface area (Å²) in [4.78, 5) is 20.3. The summed E-state index contributed by atoms with van der Waals surface area (Å²) >= 11 is 1.45. The van der Waals surface area contributed by atoms with Gasteiger partial charge in [0.2, 0.25) is 0 Å². The van der Waals surface area contributed by atoms with Gasteiger partial charge in [0.15, 0.2) is 17.5 Å². The van der Waals surface area contributed by atoms with Gasteiger partial charge in [-0.1, -0.05) is 0 Å². The summed E-state index contributed by atoms with van der Waals surface area (Å²) in [6, 6.07) is 5.33. The molecule has 4 nitrogen and oxygen atoms in total. The van der Waals surface area contributed by atoms with Crippen LogP contribution in [0.2, 0.25) is 0 Å². The summed E-state index contributed by atoms with van der Waals surface area (Å²) in [5.41, 5.74) is 1.12. The van der Waals surface area contributed by atoms with Gasteiger partial charge in [0.25, 0.3) is 5.91 Å². The minimum absolute atomic E-state index is 0.188. The van der Waals surface area contributed by atoms with E-state index in [4.69, 9.17) is 0 Å². The number of hydrogen-bond donors (Lipinski definition) is 1. The van der Waals surface area contributed by atoms with Gasteiger partial charge in [-0.2, -0.15) is 0 Å². The van der Waals surface area contributed by atoms with Crippen LogP contribution >= 0.6 is 11.3 Å². The quantitative estimate of drug-likeness (QED) is 0.705. The normalized spacial score (nSPS) is 10.7. The van der Waals surface area contributed by atoms with Gasteiger partial charge in [0, 0.05) is 36.3 Å². The molecule has 3 rings (SSSR count). The molecule has 0 atom stereocenters. The first-order valence-electron chi connectivity index (χ1n) is 7.32. The Morgan fingerprint density at radius 1 is 1.16 bits per heavy atom. The van der Waals surface area contributed by atoms with E-state index >= 15 is 0 Å². The monoisotopic (exact) mass is 363 g/mol. The highest BCUT2D eigenvalue weighted by Gasteiger charge is 2.18. The van der Waals surface area contributed by atoms with E-state index in [1.54, 1.807) is 12.4 Å². The summed E-state index contributed by atoms with van der Waals surface area (Å²) < 4.78 is 39.6. The number of benzene rings is 1. The van der Waals surface area contributed by atoms with Crippen molar-refractivity contribution in [3.63, 3.8) is 0 Å². The molecule has 3 aromatic rings. The third-order valence-corrected chi connectivity index (χ3v) is 4.35. The van der Waals surface area contributed by atoms with Gasteiger partial charge in [0.05, 0.1) is 11.3 Å². The average molecular weight is 363 g/mol. The highest BCUT2D eigenvalue weighted by Crippen LogP contribution is 2.22. The van der Waals surface area contributed by atoms with Crippen LogP contribution in [0.3, 0.4) is 0 Å². The SMILES string of the molecule is O=C(NCCc1csc(-c2cccnc2)n1)c1ccc(F)c(F)c1F. The van der Waals surface area contributed by atoms with Crippen LogP contribution in [-0.4, -0.2) is 22.4 Å². The lowest BCUT2D eigenvalue weighted by Crippen LogP contribution is -2.27. The van der Waals surface area contributed by atoms with Crippen molar-refractivity contribution in [2.45, 2.75) is 6.42 Å². The number of thiazole rings is 1. The number of carbonyl (C=O) groups is 1. The van der Waals surface area contributed by atoms with E-state index in [2.05, 4.69) is 15.3 Å². The summed E-state index contributed by atoms with van der Waals surface area (Å²) in [5, 5.41) is 5.13. The van der Waals surface area contributed by atoms with Crippen molar-refractivity contribution in [3.05, 3.63) is 70.7 Å². The third kappa shape index (κ3) is 3.85. The number of carbonyl (C=O) groups excluding carboxylic acids is 1. The molecule has 0 radical (unpaired) electrons. The molecule has 2 heterocycles. The Kier molecular flexibility index (Phi) is 5.08. The highest BCUT2D eigenvalue weighted by atomic mass is 32.1. The summed E-state index contributed by atoms with van der Waals surface area (Å²) in [7, 11) is 0. The minimum atomic E-state index is -1.66. The van der Waals surface area contributed by atoms with Crippen LogP contribution in [0.1, 0.15) is 16.1 Å². The predicted molar refractivity (Wildman–Crippen MR) is 87.7 cm³/mol. The van der Waals surface area contributed by atoms with Crippen LogP contribution in [-0.2, 0) is 6.42 Å². The Labute approximate surface area is 145 Å². The van der Waals surface area contributed by atoms with Crippen molar-refractivity contribution in [1.82, 2.24) is 15.3 Å². The molecule has 1 aromatic carbocycles. The van der Waals surface area contributed by atoms with Gasteiger partial charge in [-0.05, 0) is 24.3 Å². The number of halogens is 3. The van der Waals surface area contributed by atoms with Crippen molar-refractivity contribution in [2.24, 2.45) is 0 Å². The first-order valence-corrected chi connectivity index (χ1v) is 8.20. The van der Waals surface area contributed by atoms with Gasteiger partial charge in [0.1, 0.15) is 5.01 Å². The molecule has 0 unspecified atom stereocenters. The molecule has 0 aliphatic heterocycles. The Bertz CT molecular complexity index is 899. The van der Waals surface area contributed by atoms with Crippen LogP contribution in [0, 0.1) is 17.5 Å². The van der Waals surface area contributed by atoms with Crippen LogP contribution in [0.4, 0.5) is 13.2 Å². The van der Waals surface area contributed by atoms with Gasteiger partial charge in [-0.15, -0.1) is 11.3 Å². The first-order chi connectivity index (χ1) is 12.1. The molecule has 0 bridgehead atoms. The average Bonchev–Trinajstić information content (AvgIpc) is 3.09. The molecular weight excluding hydrogens is 351 g/mol. The van der Waals surface area contributed by atoms with Gasteiger partial charge in [-0.3, -0.25) is 9.78 Å². The molecule has 1 amide bonds. The molecule has 0 aliphatic rings. The Balaban J connectivity index is 1.59. The second-order valence-corrected chi connectivity index (χ2v) is 5.97. The van der Waals surface area contributed by atoms with E-state index in [-0.39, 0.29) is 6.54 Å². The smallest absolute Gasteiger partial charge is 0.254 e. The van der Waals surface area contributed by atoms with Gasteiger partial charge < -0.3 is 5.32 Å². The lowest BCUT2D eigenvalue weighted by atomic mass is 10.2. The Morgan fingerprint density at radius 3 is 2.76 bits per heavy atom. The van der Waals surface area contributed by atoms with E-state index in [0.717, 1.165) is 22.3 Å². The van der Waals surface area contributed by atoms with Crippen LogP contribution < -0.4 is 5.32 Å². The lowest BCUT2D eigenvalue weighted by molar-refractivity contribution is 0.0948. The number of hydrogen-bond acceptors (Lipinski definition) is 4. The summed E-state index contributed by atoms with van der Waals surface area (Å²) in [6.45, 7) is 0.188. The molecular formula is C17H12F3N3OS. The first kappa shape index (κ1) is 17.1. The highest BCUT2D eigenvalue weighted by molar-refractivity contribution is 7.13. The molecule has 8 heteroatoms. The number of aromatic nitrogens is 2. The molecule has 0 fully saturated rings. The van der Waals surface area contributed by atoms with Gasteiger partial charge >= 0.3 is 0 Å². The second kappa shape index (κ2) is 7.43. The van der Waals surface area contributed by atoms with E-state index in [1.807, 2.05) is 17.5 Å². The maximum absolute atomic E-state index is 13.6.